The molecule has 1 aromatic carbocycles. The van der Waals surface area contributed by atoms with Gasteiger partial charge in [0, 0.05) is 25.2 Å². The third-order valence-electron chi connectivity index (χ3n) is 2.84. The van der Waals surface area contributed by atoms with Crippen LogP contribution in [0.15, 0.2) is 24.3 Å². The second kappa shape index (κ2) is 7.88. The third kappa shape index (κ3) is 6.04. The van der Waals surface area contributed by atoms with Crippen LogP contribution in [0.25, 0.3) is 0 Å². The molecule has 5 nitrogen and oxygen atoms in total. The van der Waals surface area contributed by atoms with Crippen molar-refractivity contribution in [2.75, 3.05) is 20.1 Å². The van der Waals surface area contributed by atoms with E-state index in [-0.39, 0.29) is 18.5 Å². The number of amides is 2. The lowest BCUT2D eigenvalue weighted by molar-refractivity contribution is -0.137. The first-order valence-corrected chi connectivity index (χ1v) is 7.13. The van der Waals surface area contributed by atoms with Gasteiger partial charge < -0.3 is 14.9 Å². The third-order valence-corrected chi connectivity index (χ3v) is 3.09. The Morgan fingerprint density at radius 1 is 1.24 bits per heavy atom. The van der Waals surface area contributed by atoms with Crippen LogP contribution in [-0.4, -0.2) is 47.0 Å². The zero-order valence-corrected chi connectivity index (χ0v) is 13.3. The Hall–Kier alpha value is -1.75. The minimum atomic E-state index is -1.01. The zero-order valence-electron chi connectivity index (χ0n) is 12.5. The minimum absolute atomic E-state index is 0.206. The molecule has 6 heteroatoms. The number of carbonyl (C=O) groups is 2. The van der Waals surface area contributed by atoms with Crippen LogP contribution in [-0.2, 0) is 11.3 Å². The monoisotopic (exact) mass is 312 g/mol. The summed E-state index contributed by atoms with van der Waals surface area (Å²) in [6.45, 7) is 4.42. The normalized spacial score (nSPS) is 10.5. The first-order chi connectivity index (χ1) is 9.79. The van der Waals surface area contributed by atoms with Crippen LogP contribution >= 0.6 is 11.6 Å². The maximum atomic E-state index is 12.3. The molecule has 0 aromatic heterocycles. The fraction of sp³-hybridized carbons (Fsp3) is 0.467. The van der Waals surface area contributed by atoms with E-state index in [0.29, 0.717) is 18.1 Å². The molecule has 116 valence electrons. The molecule has 1 N–H and O–H groups in total. The van der Waals surface area contributed by atoms with Gasteiger partial charge in [-0.3, -0.25) is 4.79 Å². The lowest BCUT2D eigenvalue weighted by atomic mass is 10.2. The summed E-state index contributed by atoms with van der Waals surface area (Å²) < 4.78 is 0. The van der Waals surface area contributed by atoms with E-state index in [1.54, 1.807) is 19.2 Å². The highest BCUT2D eigenvalue weighted by Crippen LogP contribution is 2.12. The van der Waals surface area contributed by atoms with Crippen LogP contribution in [0.1, 0.15) is 19.4 Å². The molecule has 1 rings (SSSR count). The van der Waals surface area contributed by atoms with E-state index in [1.807, 2.05) is 26.0 Å². The first-order valence-electron chi connectivity index (χ1n) is 6.76. The summed E-state index contributed by atoms with van der Waals surface area (Å²) in [5.74, 6) is -0.805. The Morgan fingerprint density at radius 3 is 2.29 bits per heavy atom. The maximum absolute atomic E-state index is 12.3. The van der Waals surface area contributed by atoms with E-state index in [0.717, 1.165) is 5.56 Å². The lowest BCUT2D eigenvalue weighted by Gasteiger charge is -2.28. The van der Waals surface area contributed by atoms with Crippen molar-refractivity contribution in [2.24, 2.45) is 5.92 Å². The molecule has 0 bridgehead atoms. The molecule has 1 aromatic rings. The number of hydrogen-bond acceptors (Lipinski definition) is 2. The predicted octanol–water partition coefficient (Wildman–Crippen LogP) is 2.93. The van der Waals surface area contributed by atoms with Crippen LogP contribution in [0.3, 0.4) is 0 Å². The molecule has 0 aliphatic heterocycles. The van der Waals surface area contributed by atoms with Crippen molar-refractivity contribution in [1.29, 1.82) is 0 Å². The number of carbonyl (C=O) groups excluding carboxylic acids is 1. The Labute approximate surface area is 130 Å². The zero-order chi connectivity index (χ0) is 16.0. The van der Waals surface area contributed by atoms with Crippen molar-refractivity contribution in [2.45, 2.75) is 20.4 Å². The molecule has 0 unspecified atom stereocenters. The highest BCUT2D eigenvalue weighted by molar-refractivity contribution is 6.30. The summed E-state index contributed by atoms with van der Waals surface area (Å²) in [6, 6.07) is 6.92. The van der Waals surface area contributed by atoms with Crippen molar-refractivity contribution in [1.82, 2.24) is 9.80 Å². The average molecular weight is 313 g/mol. The van der Waals surface area contributed by atoms with Gasteiger partial charge in [-0.25, -0.2) is 4.79 Å². The van der Waals surface area contributed by atoms with Gasteiger partial charge >= 0.3 is 12.0 Å². The van der Waals surface area contributed by atoms with Gasteiger partial charge in [-0.15, -0.1) is 0 Å². The first kappa shape index (κ1) is 17.3. The molecule has 0 spiro atoms. The fourth-order valence-electron chi connectivity index (χ4n) is 1.99. The Balaban J connectivity index is 2.72. The Bertz CT molecular complexity index is 488. The van der Waals surface area contributed by atoms with Gasteiger partial charge in [0.25, 0.3) is 0 Å². The van der Waals surface area contributed by atoms with Crippen LogP contribution in [0, 0.1) is 5.92 Å². The summed E-state index contributed by atoms with van der Waals surface area (Å²) >= 11 is 5.82. The minimum Gasteiger partial charge on any atom is -0.480 e. The number of hydrogen-bond donors (Lipinski definition) is 1. The Kier molecular flexibility index (Phi) is 6.49. The quantitative estimate of drug-likeness (QED) is 0.878. The number of rotatable bonds is 6. The smallest absolute Gasteiger partial charge is 0.323 e. The molecular formula is C15H21ClN2O3. The van der Waals surface area contributed by atoms with Crippen LogP contribution in [0.4, 0.5) is 4.79 Å². The lowest BCUT2D eigenvalue weighted by Crippen LogP contribution is -2.45. The summed E-state index contributed by atoms with van der Waals surface area (Å²) in [5.41, 5.74) is 0.940. The fourth-order valence-corrected chi connectivity index (χ4v) is 2.11. The highest BCUT2D eigenvalue weighted by atomic mass is 35.5. The molecule has 0 aliphatic carbocycles. The average Bonchev–Trinajstić information content (AvgIpc) is 2.38. The summed E-state index contributed by atoms with van der Waals surface area (Å²) in [7, 11) is 1.66. The number of nitrogens with zero attached hydrogens (tertiary/aromatic N) is 2. The topological polar surface area (TPSA) is 60.9 Å². The molecule has 0 atom stereocenters. The van der Waals surface area contributed by atoms with Gasteiger partial charge in [-0.2, -0.15) is 0 Å². The summed E-state index contributed by atoms with van der Waals surface area (Å²) in [4.78, 5) is 26.1. The molecule has 0 heterocycles. The summed E-state index contributed by atoms with van der Waals surface area (Å²) in [6.07, 6.45) is 0. The van der Waals surface area contributed by atoms with E-state index in [1.165, 1.54) is 9.80 Å². The van der Waals surface area contributed by atoms with Gasteiger partial charge in [-0.05, 0) is 23.6 Å². The van der Waals surface area contributed by atoms with Gasteiger partial charge in [0.15, 0.2) is 0 Å². The van der Waals surface area contributed by atoms with Gasteiger partial charge in [0.1, 0.15) is 6.54 Å². The molecule has 0 saturated heterocycles. The number of carboxylic acids is 1. The van der Waals surface area contributed by atoms with Crippen molar-refractivity contribution >= 4 is 23.6 Å². The number of halogens is 1. The van der Waals surface area contributed by atoms with Crippen molar-refractivity contribution < 1.29 is 14.7 Å². The number of aliphatic carboxylic acids is 1. The molecular weight excluding hydrogens is 292 g/mol. The van der Waals surface area contributed by atoms with E-state index >= 15 is 0 Å². The largest absolute Gasteiger partial charge is 0.480 e. The van der Waals surface area contributed by atoms with Crippen LogP contribution in [0.5, 0.6) is 0 Å². The molecule has 0 radical (unpaired) electrons. The van der Waals surface area contributed by atoms with E-state index in [9.17, 15) is 9.59 Å². The van der Waals surface area contributed by atoms with Gasteiger partial charge in [-0.1, -0.05) is 37.6 Å². The SMILES string of the molecule is CC(C)CN(CC(=O)O)C(=O)N(C)Cc1ccc(Cl)cc1. The van der Waals surface area contributed by atoms with E-state index in [2.05, 4.69) is 0 Å². The molecule has 0 aliphatic rings. The van der Waals surface area contributed by atoms with Crippen molar-refractivity contribution in [3.63, 3.8) is 0 Å². The van der Waals surface area contributed by atoms with Crippen molar-refractivity contribution in [3.05, 3.63) is 34.9 Å². The second-order valence-electron chi connectivity index (χ2n) is 5.43. The van der Waals surface area contributed by atoms with E-state index < -0.39 is 5.97 Å². The summed E-state index contributed by atoms with van der Waals surface area (Å²) in [5, 5.41) is 9.56. The predicted molar refractivity (Wildman–Crippen MR) is 82.4 cm³/mol. The molecule has 2 amide bonds. The number of carboxylic acid groups (broad SMARTS) is 1. The van der Waals surface area contributed by atoms with Gasteiger partial charge in [0.2, 0.25) is 0 Å². The maximum Gasteiger partial charge on any atom is 0.323 e. The van der Waals surface area contributed by atoms with Crippen LogP contribution in [0.2, 0.25) is 5.02 Å². The standard InChI is InChI=1S/C15H21ClN2O3/c1-11(2)8-18(10-14(19)20)15(21)17(3)9-12-4-6-13(16)7-5-12/h4-7,11H,8-10H2,1-3H3,(H,19,20). The number of urea groups is 1. The molecule has 0 fully saturated rings. The number of benzene rings is 1. The van der Waals surface area contributed by atoms with E-state index in [4.69, 9.17) is 16.7 Å². The van der Waals surface area contributed by atoms with Crippen LogP contribution < -0.4 is 0 Å². The molecule has 21 heavy (non-hydrogen) atoms. The Morgan fingerprint density at radius 2 is 1.81 bits per heavy atom. The second-order valence-corrected chi connectivity index (χ2v) is 5.87. The van der Waals surface area contributed by atoms with Crippen molar-refractivity contribution in [3.8, 4) is 0 Å². The van der Waals surface area contributed by atoms with Gasteiger partial charge in [0.05, 0.1) is 0 Å². The highest BCUT2D eigenvalue weighted by Gasteiger charge is 2.21. The molecule has 0 saturated carbocycles.